The van der Waals surface area contributed by atoms with Crippen LogP contribution in [-0.2, 0) is 9.59 Å². The van der Waals surface area contributed by atoms with Crippen molar-refractivity contribution >= 4 is 63.9 Å². The van der Waals surface area contributed by atoms with E-state index < -0.39 is 11.8 Å². The summed E-state index contributed by atoms with van der Waals surface area (Å²) in [6, 6.07) is 31.7. The third kappa shape index (κ3) is 7.30. The van der Waals surface area contributed by atoms with Crippen molar-refractivity contribution in [2.24, 2.45) is 0 Å². The predicted octanol–water partition coefficient (Wildman–Crippen LogP) is 7.93. The number of thioether (sulfide) groups is 1. The van der Waals surface area contributed by atoms with Crippen LogP contribution < -0.4 is 16.0 Å². The molecule has 4 aromatic rings. The number of benzene rings is 4. The Morgan fingerprint density at radius 2 is 1.56 bits per heavy atom. The maximum Gasteiger partial charge on any atom is 0.254 e. The minimum Gasteiger partial charge on any atom is -0.353 e. The van der Waals surface area contributed by atoms with Crippen molar-refractivity contribution in [2.75, 3.05) is 16.4 Å². The third-order valence-electron chi connectivity index (χ3n) is 7.02. The number of carbonyl (C=O) groups is 3. The Morgan fingerprint density at radius 3 is 2.24 bits per heavy atom. The van der Waals surface area contributed by atoms with Crippen LogP contribution >= 0.6 is 35.0 Å². The van der Waals surface area contributed by atoms with E-state index in [0.717, 1.165) is 11.8 Å². The van der Waals surface area contributed by atoms with Crippen molar-refractivity contribution in [3.63, 3.8) is 0 Å². The van der Waals surface area contributed by atoms with Gasteiger partial charge in [0.15, 0.2) is 5.78 Å². The molecule has 2 amide bonds. The van der Waals surface area contributed by atoms with Gasteiger partial charge in [-0.05, 0) is 48.9 Å². The molecule has 0 aliphatic carbocycles. The van der Waals surface area contributed by atoms with Crippen LogP contribution in [0.1, 0.15) is 34.3 Å². The van der Waals surface area contributed by atoms with Crippen molar-refractivity contribution in [3.05, 3.63) is 152 Å². The van der Waals surface area contributed by atoms with Gasteiger partial charge in [-0.15, -0.1) is 0 Å². The molecule has 0 fully saturated rings. The van der Waals surface area contributed by atoms with Crippen LogP contribution in [0.15, 0.2) is 125 Å². The number of para-hydroxylation sites is 1. The number of anilines is 2. The van der Waals surface area contributed by atoms with E-state index in [1.54, 1.807) is 79.7 Å². The molecule has 0 spiro atoms. The number of hydrogen-bond donors (Lipinski definition) is 3. The monoisotopic (exact) mass is 652 g/mol. The first-order valence-electron chi connectivity index (χ1n) is 13.8. The van der Waals surface area contributed by atoms with Gasteiger partial charge < -0.3 is 16.0 Å². The molecule has 1 aliphatic heterocycles. The van der Waals surface area contributed by atoms with Gasteiger partial charge in [0.1, 0.15) is 0 Å². The molecule has 4 aromatic carbocycles. The average Bonchev–Trinajstić information content (AvgIpc) is 3.05. The SMILES string of the molecule is CC1=C(C(=O)Nc2ccccc2)[C@@H](c2ccccc2Cl)C(C#N)=C(SCC(=O)Nc2ccc(Cl)cc2C(=O)c2ccccc2)N1. The smallest absolute Gasteiger partial charge is 0.254 e. The zero-order valence-electron chi connectivity index (χ0n) is 23.9. The average molecular weight is 654 g/mol. The van der Waals surface area contributed by atoms with Crippen molar-refractivity contribution in [2.45, 2.75) is 12.8 Å². The van der Waals surface area contributed by atoms with E-state index in [2.05, 4.69) is 22.0 Å². The van der Waals surface area contributed by atoms with Gasteiger partial charge in [-0.25, -0.2) is 0 Å². The highest BCUT2D eigenvalue weighted by Crippen LogP contribution is 2.43. The number of halogens is 2. The number of nitrogens with zero attached hydrogens (tertiary/aromatic N) is 1. The highest BCUT2D eigenvalue weighted by Gasteiger charge is 2.36. The molecule has 1 aliphatic rings. The molecule has 224 valence electrons. The lowest BCUT2D eigenvalue weighted by atomic mass is 9.82. The fourth-order valence-electron chi connectivity index (χ4n) is 4.95. The van der Waals surface area contributed by atoms with Gasteiger partial charge in [-0.1, -0.05) is 102 Å². The van der Waals surface area contributed by atoms with Crippen LogP contribution in [0.4, 0.5) is 11.4 Å². The number of carbonyl (C=O) groups excluding carboxylic acids is 3. The molecule has 0 aromatic heterocycles. The number of amides is 2. The predicted molar refractivity (Wildman–Crippen MR) is 180 cm³/mol. The molecule has 0 saturated heterocycles. The molecule has 45 heavy (non-hydrogen) atoms. The van der Waals surface area contributed by atoms with Crippen molar-refractivity contribution in [3.8, 4) is 6.07 Å². The molecule has 1 atom stereocenters. The van der Waals surface area contributed by atoms with E-state index in [1.807, 2.05) is 24.3 Å². The van der Waals surface area contributed by atoms with Gasteiger partial charge in [0.2, 0.25) is 5.91 Å². The van der Waals surface area contributed by atoms with Gasteiger partial charge in [0.25, 0.3) is 5.91 Å². The molecule has 0 unspecified atom stereocenters. The summed E-state index contributed by atoms with van der Waals surface area (Å²) in [4.78, 5) is 40.0. The van der Waals surface area contributed by atoms with E-state index in [-0.39, 0.29) is 28.6 Å². The lowest BCUT2D eigenvalue weighted by molar-refractivity contribution is -0.114. The summed E-state index contributed by atoms with van der Waals surface area (Å²) in [6.07, 6.45) is 0. The summed E-state index contributed by atoms with van der Waals surface area (Å²) in [6.45, 7) is 1.74. The highest BCUT2D eigenvalue weighted by atomic mass is 35.5. The lowest BCUT2D eigenvalue weighted by Gasteiger charge is -2.30. The van der Waals surface area contributed by atoms with E-state index in [4.69, 9.17) is 23.2 Å². The molecule has 1 heterocycles. The summed E-state index contributed by atoms with van der Waals surface area (Å²) in [7, 11) is 0. The third-order valence-corrected chi connectivity index (χ3v) is 8.62. The Bertz CT molecular complexity index is 1890. The summed E-state index contributed by atoms with van der Waals surface area (Å²) in [5.74, 6) is -1.95. The summed E-state index contributed by atoms with van der Waals surface area (Å²) in [5.41, 5.74) is 3.32. The molecule has 3 N–H and O–H groups in total. The Labute approximate surface area is 274 Å². The van der Waals surface area contributed by atoms with Gasteiger partial charge in [0.05, 0.1) is 34.0 Å². The first-order valence-corrected chi connectivity index (χ1v) is 15.6. The maximum atomic E-state index is 13.6. The molecular formula is C35H26Cl2N4O3S. The van der Waals surface area contributed by atoms with Gasteiger partial charge in [0, 0.05) is 38.1 Å². The van der Waals surface area contributed by atoms with Crippen molar-refractivity contribution in [1.29, 1.82) is 5.26 Å². The van der Waals surface area contributed by atoms with Crippen LogP contribution in [0, 0.1) is 11.3 Å². The first-order chi connectivity index (χ1) is 21.8. The number of ketones is 1. The zero-order valence-corrected chi connectivity index (χ0v) is 26.3. The topological polar surface area (TPSA) is 111 Å². The van der Waals surface area contributed by atoms with E-state index in [9.17, 15) is 19.6 Å². The quantitative estimate of drug-likeness (QED) is 0.158. The second-order valence-electron chi connectivity index (χ2n) is 10.0. The number of hydrogen-bond acceptors (Lipinski definition) is 6. The molecule has 7 nitrogen and oxygen atoms in total. The van der Waals surface area contributed by atoms with Crippen LogP contribution in [0.5, 0.6) is 0 Å². The summed E-state index contributed by atoms with van der Waals surface area (Å²) < 4.78 is 0. The van der Waals surface area contributed by atoms with Gasteiger partial charge >= 0.3 is 0 Å². The number of nitrogens with one attached hydrogen (secondary N) is 3. The Morgan fingerprint density at radius 1 is 0.889 bits per heavy atom. The highest BCUT2D eigenvalue weighted by molar-refractivity contribution is 8.03. The Kier molecular flexibility index (Phi) is 10.1. The van der Waals surface area contributed by atoms with Gasteiger partial charge in [-0.3, -0.25) is 14.4 Å². The number of rotatable bonds is 9. The van der Waals surface area contributed by atoms with Crippen LogP contribution in [0.25, 0.3) is 0 Å². The van der Waals surface area contributed by atoms with Crippen LogP contribution in [0.2, 0.25) is 10.0 Å². The molecular weight excluding hydrogens is 627 g/mol. The number of nitriles is 1. The van der Waals surface area contributed by atoms with E-state index >= 15 is 0 Å². The molecule has 5 rings (SSSR count). The summed E-state index contributed by atoms with van der Waals surface area (Å²) in [5, 5.41) is 20.5. The van der Waals surface area contributed by atoms with E-state index in [1.165, 1.54) is 6.07 Å². The lowest BCUT2D eigenvalue weighted by Crippen LogP contribution is -2.31. The van der Waals surface area contributed by atoms with Crippen molar-refractivity contribution in [1.82, 2.24) is 5.32 Å². The summed E-state index contributed by atoms with van der Waals surface area (Å²) >= 11 is 13.9. The molecule has 10 heteroatoms. The fourth-order valence-corrected chi connectivity index (χ4v) is 6.26. The van der Waals surface area contributed by atoms with E-state index in [0.29, 0.717) is 48.8 Å². The minimum atomic E-state index is -0.786. The Balaban J connectivity index is 1.41. The number of allylic oxidation sites excluding steroid dienone is 2. The minimum absolute atomic E-state index is 0.0941. The molecule has 0 radical (unpaired) electrons. The number of dihydropyridines is 1. The molecule has 0 bridgehead atoms. The van der Waals surface area contributed by atoms with Gasteiger partial charge in [-0.2, -0.15) is 5.26 Å². The Hall–Kier alpha value is -4.81. The fraction of sp³-hybridized carbons (Fsp3) is 0.0857. The second kappa shape index (κ2) is 14.3. The normalized spacial score (nSPS) is 14.3. The van der Waals surface area contributed by atoms with Crippen molar-refractivity contribution < 1.29 is 14.4 Å². The zero-order chi connectivity index (χ0) is 31.9. The first kappa shape index (κ1) is 31.6. The molecule has 0 saturated carbocycles. The standard InChI is InChI=1S/C35H26Cl2N4O3S/c1-21-31(34(44)40-24-12-6-3-7-13-24)32(25-14-8-9-15-28(25)37)27(19-38)35(39-21)45-20-30(42)41-29-17-16-23(36)18-26(29)33(43)22-10-4-2-5-11-22/h2-18,32,39H,20H2,1H3,(H,40,44)(H,41,42)/t32-/m0/s1. The largest absolute Gasteiger partial charge is 0.353 e. The second-order valence-corrected chi connectivity index (χ2v) is 11.8. The van der Waals surface area contributed by atoms with Crippen LogP contribution in [0.3, 0.4) is 0 Å². The van der Waals surface area contributed by atoms with Crippen LogP contribution in [-0.4, -0.2) is 23.4 Å². The maximum absolute atomic E-state index is 13.6.